The van der Waals surface area contributed by atoms with Crippen molar-refractivity contribution >= 4 is 11.6 Å². The number of aryl methyl sites for hydroxylation is 1. The molecule has 1 aliphatic heterocycles. The predicted molar refractivity (Wildman–Crippen MR) is 68.5 cm³/mol. The second kappa shape index (κ2) is 4.56. The average Bonchev–Trinajstić information content (AvgIpc) is 2.47. The Morgan fingerprint density at radius 1 is 1.17 bits per heavy atom. The Bertz CT molecular complexity index is 568. The van der Waals surface area contributed by atoms with Crippen molar-refractivity contribution in [2.45, 2.75) is 12.8 Å². The van der Waals surface area contributed by atoms with Crippen LogP contribution in [0.3, 0.4) is 0 Å². The van der Waals surface area contributed by atoms with E-state index in [1.54, 1.807) is 35.6 Å². The van der Waals surface area contributed by atoms with E-state index in [-0.39, 0.29) is 5.91 Å². The Morgan fingerprint density at radius 2 is 2.00 bits per heavy atom. The molecule has 0 saturated heterocycles. The first-order chi connectivity index (χ1) is 8.86. The number of carbonyl (C=O) groups is 1. The zero-order valence-electron chi connectivity index (χ0n) is 9.91. The molecule has 2 aromatic rings. The van der Waals surface area contributed by atoms with Crippen molar-refractivity contribution in [2.24, 2.45) is 0 Å². The molecule has 0 unspecified atom stereocenters. The topological polar surface area (TPSA) is 46.1 Å². The highest BCUT2D eigenvalue weighted by molar-refractivity contribution is 6.06. The molecular formula is C14H13N3O. The number of carbonyl (C=O) groups excluding carboxylic acids is 1. The first kappa shape index (κ1) is 10.9. The summed E-state index contributed by atoms with van der Waals surface area (Å²) in [5.74, 6) is 0.0198. The molecule has 0 bridgehead atoms. The summed E-state index contributed by atoms with van der Waals surface area (Å²) < 4.78 is 0. The average molecular weight is 239 g/mol. The highest BCUT2D eigenvalue weighted by atomic mass is 16.2. The molecule has 0 atom stereocenters. The van der Waals surface area contributed by atoms with Gasteiger partial charge in [-0.15, -0.1) is 0 Å². The molecule has 18 heavy (non-hydrogen) atoms. The van der Waals surface area contributed by atoms with Crippen molar-refractivity contribution in [2.75, 3.05) is 11.4 Å². The van der Waals surface area contributed by atoms with Gasteiger partial charge in [-0.25, -0.2) is 0 Å². The summed E-state index contributed by atoms with van der Waals surface area (Å²) in [6.07, 6.45) is 6.96. The van der Waals surface area contributed by atoms with Gasteiger partial charge in [-0.3, -0.25) is 14.8 Å². The van der Waals surface area contributed by atoms with E-state index in [0.717, 1.165) is 30.8 Å². The summed E-state index contributed by atoms with van der Waals surface area (Å²) in [7, 11) is 0. The van der Waals surface area contributed by atoms with Crippen molar-refractivity contribution < 1.29 is 4.79 Å². The Kier molecular flexibility index (Phi) is 2.76. The number of aromatic nitrogens is 2. The summed E-state index contributed by atoms with van der Waals surface area (Å²) in [6, 6.07) is 7.32. The lowest BCUT2D eigenvalue weighted by atomic mass is 10.1. The van der Waals surface area contributed by atoms with Crippen LogP contribution < -0.4 is 4.90 Å². The molecular weight excluding hydrogens is 226 g/mol. The molecule has 4 heteroatoms. The maximum absolute atomic E-state index is 12.4. The minimum atomic E-state index is 0.0198. The van der Waals surface area contributed by atoms with Crippen LogP contribution in [-0.4, -0.2) is 22.4 Å². The molecule has 4 nitrogen and oxygen atoms in total. The molecule has 0 saturated carbocycles. The Hall–Kier alpha value is -2.23. The molecule has 0 aromatic carbocycles. The predicted octanol–water partition coefficient (Wildman–Crippen LogP) is 2.07. The first-order valence-electron chi connectivity index (χ1n) is 6.02. The normalized spacial score (nSPS) is 14.1. The Labute approximate surface area is 105 Å². The molecule has 0 radical (unpaired) electrons. The van der Waals surface area contributed by atoms with E-state index >= 15 is 0 Å². The van der Waals surface area contributed by atoms with Crippen LogP contribution in [0.25, 0.3) is 0 Å². The number of amides is 1. The standard InChI is InChI=1S/C14H13N3O/c18-14(11-5-8-15-9-6-11)17-10-2-3-12-13(17)4-1-7-16-12/h1,4-9H,2-3,10H2. The van der Waals surface area contributed by atoms with E-state index in [2.05, 4.69) is 9.97 Å². The zero-order chi connectivity index (χ0) is 12.4. The van der Waals surface area contributed by atoms with E-state index < -0.39 is 0 Å². The summed E-state index contributed by atoms with van der Waals surface area (Å²) >= 11 is 0. The van der Waals surface area contributed by atoms with Crippen molar-refractivity contribution in [1.82, 2.24) is 9.97 Å². The largest absolute Gasteiger partial charge is 0.307 e. The summed E-state index contributed by atoms with van der Waals surface area (Å²) in [5, 5.41) is 0. The lowest BCUT2D eigenvalue weighted by Gasteiger charge is -2.28. The summed E-state index contributed by atoms with van der Waals surface area (Å²) in [5.41, 5.74) is 2.61. The smallest absolute Gasteiger partial charge is 0.258 e. The highest BCUT2D eigenvalue weighted by Crippen LogP contribution is 2.26. The molecule has 2 aromatic heterocycles. The van der Waals surface area contributed by atoms with Crippen LogP contribution >= 0.6 is 0 Å². The number of rotatable bonds is 1. The monoisotopic (exact) mass is 239 g/mol. The number of nitrogens with zero attached hydrogens (tertiary/aromatic N) is 3. The van der Waals surface area contributed by atoms with Crippen LogP contribution in [0.1, 0.15) is 22.5 Å². The van der Waals surface area contributed by atoms with Crippen LogP contribution in [0.4, 0.5) is 5.69 Å². The van der Waals surface area contributed by atoms with E-state index in [1.807, 2.05) is 12.1 Å². The third-order valence-corrected chi connectivity index (χ3v) is 3.12. The number of fused-ring (bicyclic) bond motifs is 1. The van der Waals surface area contributed by atoms with Crippen molar-refractivity contribution in [3.63, 3.8) is 0 Å². The summed E-state index contributed by atoms with van der Waals surface area (Å²) in [6.45, 7) is 0.750. The number of pyridine rings is 2. The number of anilines is 1. The van der Waals surface area contributed by atoms with Gasteiger partial charge in [0.2, 0.25) is 0 Å². The van der Waals surface area contributed by atoms with Crippen LogP contribution in [-0.2, 0) is 6.42 Å². The van der Waals surface area contributed by atoms with Crippen LogP contribution in [0.2, 0.25) is 0 Å². The van der Waals surface area contributed by atoms with E-state index in [4.69, 9.17) is 0 Å². The molecule has 3 rings (SSSR count). The van der Waals surface area contributed by atoms with Gasteiger partial charge in [0.25, 0.3) is 5.91 Å². The van der Waals surface area contributed by atoms with Crippen molar-refractivity contribution in [3.05, 3.63) is 54.1 Å². The fourth-order valence-electron chi connectivity index (χ4n) is 2.25. The quantitative estimate of drug-likeness (QED) is 0.765. The van der Waals surface area contributed by atoms with Gasteiger partial charge in [0.1, 0.15) is 0 Å². The maximum Gasteiger partial charge on any atom is 0.258 e. The van der Waals surface area contributed by atoms with Gasteiger partial charge in [0, 0.05) is 30.7 Å². The lowest BCUT2D eigenvalue weighted by Crippen LogP contribution is -2.35. The SMILES string of the molecule is O=C(c1ccncc1)N1CCCc2ncccc21. The molecule has 0 spiro atoms. The molecule has 90 valence electrons. The molecule has 1 aliphatic rings. The van der Waals surface area contributed by atoms with E-state index in [0.29, 0.717) is 5.56 Å². The minimum Gasteiger partial charge on any atom is -0.307 e. The molecule has 0 N–H and O–H groups in total. The summed E-state index contributed by atoms with van der Waals surface area (Å²) in [4.78, 5) is 22.5. The van der Waals surface area contributed by atoms with E-state index in [9.17, 15) is 4.79 Å². The van der Waals surface area contributed by atoms with Gasteiger partial charge >= 0.3 is 0 Å². The van der Waals surface area contributed by atoms with Crippen LogP contribution in [0.5, 0.6) is 0 Å². The third-order valence-electron chi connectivity index (χ3n) is 3.12. The van der Waals surface area contributed by atoms with Crippen molar-refractivity contribution in [3.8, 4) is 0 Å². The second-order valence-electron chi connectivity index (χ2n) is 4.27. The first-order valence-corrected chi connectivity index (χ1v) is 6.02. The van der Waals surface area contributed by atoms with Gasteiger partial charge in [-0.05, 0) is 37.1 Å². The van der Waals surface area contributed by atoms with Gasteiger partial charge < -0.3 is 4.90 Å². The fourth-order valence-corrected chi connectivity index (χ4v) is 2.25. The van der Waals surface area contributed by atoms with Crippen LogP contribution in [0, 0.1) is 0 Å². The number of hydrogen-bond acceptors (Lipinski definition) is 3. The highest BCUT2D eigenvalue weighted by Gasteiger charge is 2.23. The number of hydrogen-bond donors (Lipinski definition) is 0. The Balaban J connectivity index is 1.97. The zero-order valence-corrected chi connectivity index (χ0v) is 9.91. The van der Waals surface area contributed by atoms with Crippen molar-refractivity contribution in [1.29, 1.82) is 0 Å². The van der Waals surface area contributed by atoms with Gasteiger partial charge in [0.15, 0.2) is 0 Å². The third kappa shape index (κ3) is 1.86. The van der Waals surface area contributed by atoms with Gasteiger partial charge in [-0.2, -0.15) is 0 Å². The van der Waals surface area contributed by atoms with E-state index in [1.165, 1.54) is 0 Å². The lowest BCUT2D eigenvalue weighted by molar-refractivity contribution is 0.0985. The minimum absolute atomic E-state index is 0.0198. The van der Waals surface area contributed by atoms with Gasteiger partial charge in [0.05, 0.1) is 11.4 Å². The maximum atomic E-state index is 12.4. The molecule has 3 heterocycles. The second-order valence-corrected chi connectivity index (χ2v) is 4.27. The molecule has 1 amide bonds. The van der Waals surface area contributed by atoms with Gasteiger partial charge in [-0.1, -0.05) is 0 Å². The van der Waals surface area contributed by atoms with Crippen LogP contribution in [0.15, 0.2) is 42.9 Å². The molecule has 0 aliphatic carbocycles. The fraction of sp³-hybridized carbons (Fsp3) is 0.214. The Morgan fingerprint density at radius 3 is 2.83 bits per heavy atom. The molecule has 0 fully saturated rings.